The number of nitrogens with zero attached hydrogens (tertiary/aromatic N) is 2. The zero-order valence-electron chi connectivity index (χ0n) is 15.6. The van der Waals surface area contributed by atoms with Gasteiger partial charge in [0.1, 0.15) is 12.4 Å². The van der Waals surface area contributed by atoms with Gasteiger partial charge in [-0.15, -0.1) is 0 Å². The zero-order chi connectivity index (χ0) is 19.4. The molecule has 0 aliphatic carbocycles. The molecule has 0 atom stereocenters. The molecule has 7 heteroatoms. The fourth-order valence-corrected chi connectivity index (χ4v) is 4.10. The lowest BCUT2D eigenvalue weighted by Crippen LogP contribution is -2.31. The van der Waals surface area contributed by atoms with Crippen molar-refractivity contribution in [3.63, 3.8) is 0 Å². The third kappa shape index (κ3) is 4.48. The van der Waals surface area contributed by atoms with E-state index in [1.54, 1.807) is 29.2 Å². The van der Waals surface area contributed by atoms with Gasteiger partial charge >= 0.3 is 0 Å². The molecule has 1 aliphatic heterocycles. The van der Waals surface area contributed by atoms with Crippen LogP contribution >= 0.6 is 0 Å². The summed E-state index contributed by atoms with van der Waals surface area (Å²) in [4.78, 5) is 13.7. The molecule has 0 bridgehead atoms. The number of aryl methyl sites for hydroxylation is 1. The van der Waals surface area contributed by atoms with E-state index in [0.29, 0.717) is 18.7 Å². The fraction of sp³-hybridized carbons (Fsp3) is 0.350. The van der Waals surface area contributed by atoms with Crippen LogP contribution in [0.15, 0.2) is 53.4 Å². The molecule has 0 aromatic heterocycles. The number of carbonyl (C=O) groups excluding carboxylic acids is 1. The molecule has 1 amide bonds. The van der Waals surface area contributed by atoms with E-state index in [1.807, 2.05) is 31.2 Å². The normalized spacial score (nSPS) is 14.8. The summed E-state index contributed by atoms with van der Waals surface area (Å²) in [7, 11) is -2.07. The van der Waals surface area contributed by atoms with E-state index < -0.39 is 10.0 Å². The summed E-state index contributed by atoms with van der Waals surface area (Å²) >= 11 is 0. The highest BCUT2D eigenvalue weighted by molar-refractivity contribution is 7.89. The average Bonchev–Trinajstić information content (AvgIpc) is 3.09. The van der Waals surface area contributed by atoms with Crippen molar-refractivity contribution in [3.8, 4) is 5.75 Å². The first-order valence-corrected chi connectivity index (χ1v) is 10.4. The summed E-state index contributed by atoms with van der Waals surface area (Å²) in [5.41, 5.74) is 1.88. The van der Waals surface area contributed by atoms with Crippen LogP contribution in [0.4, 0.5) is 5.69 Å². The van der Waals surface area contributed by atoms with Gasteiger partial charge in [-0.05, 0) is 49.7 Å². The lowest BCUT2D eigenvalue weighted by molar-refractivity contribution is -0.117. The first-order chi connectivity index (χ1) is 12.9. The first-order valence-electron chi connectivity index (χ1n) is 8.94. The number of sulfonamides is 1. The predicted octanol–water partition coefficient (Wildman–Crippen LogP) is 2.82. The molecule has 1 heterocycles. The summed E-state index contributed by atoms with van der Waals surface area (Å²) in [6, 6.07) is 14.1. The van der Waals surface area contributed by atoms with Crippen LogP contribution in [0.1, 0.15) is 18.4 Å². The maximum absolute atomic E-state index is 12.7. The number of benzene rings is 2. The van der Waals surface area contributed by atoms with Crippen LogP contribution in [0.25, 0.3) is 0 Å². The number of hydrogen-bond donors (Lipinski definition) is 0. The highest BCUT2D eigenvalue weighted by Gasteiger charge is 2.24. The van der Waals surface area contributed by atoms with Crippen molar-refractivity contribution in [3.05, 3.63) is 54.1 Å². The number of ether oxygens (including phenoxy) is 1. The summed E-state index contributed by atoms with van der Waals surface area (Å²) in [5, 5.41) is 0. The SMILES string of the molecule is Cc1ccc(OCCN(C)S(=O)(=O)c2ccc(N3CCCC3=O)cc2)cc1. The van der Waals surface area contributed by atoms with E-state index in [9.17, 15) is 13.2 Å². The van der Waals surface area contributed by atoms with Crippen molar-refractivity contribution >= 4 is 21.6 Å². The Bertz CT molecular complexity index is 893. The zero-order valence-corrected chi connectivity index (χ0v) is 16.4. The molecule has 27 heavy (non-hydrogen) atoms. The van der Waals surface area contributed by atoms with Crippen LogP contribution in [0.5, 0.6) is 5.75 Å². The Morgan fingerprint density at radius 3 is 2.33 bits per heavy atom. The minimum atomic E-state index is -3.60. The predicted molar refractivity (Wildman–Crippen MR) is 105 cm³/mol. The topological polar surface area (TPSA) is 66.9 Å². The minimum absolute atomic E-state index is 0.0796. The van der Waals surface area contributed by atoms with Gasteiger partial charge in [0.05, 0.1) is 4.90 Å². The lowest BCUT2D eigenvalue weighted by atomic mass is 10.2. The second-order valence-electron chi connectivity index (χ2n) is 6.63. The van der Waals surface area contributed by atoms with Crippen molar-refractivity contribution in [2.75, 3.05) is 31.6 Å². The molecular formula is C20H24N2O4S. The van der Waals surface area contributed by atoms with Crippen molar-refractivity contribution in [1.82, 2.24) is 4.31 Å². The van der Waals surface area contributed by atoms with Gasteiger partial charge < -0.3 is 9.64 Å². The maximum Gasteiger partial charge on any atom is 0.242 e. The lowest BCUT2D eigenvalue weighted by Gasteiger charge is -2.19. The van der Waals surface area contributed by atoms with E-state index in [0.717, 1.165) is 17.7 Å². The van der Waals surface area contributed by atoms with Gasteiger partial charge in [-0.25, -0.2) is 8.42 Å². The van der Waals surface area contributed by atoms with E-state index in [-0.39, 0.29) is 24.0 Å². The van der Waals surface area contributed by atoms with Gasteiger partial charge in [-0.1, -0.05) is 17.7 Å². The molecule has 6 nitrogen and oxygen atoms in total. The van der Waals surface area contributed by atoms with Crippen LogP contribution < -0.4 is 9.64 Å². The first kappa shape index (κ1) is 19.4. The average molecular weight is 388 g/mol. The van der Waals surface area contributed by atoms with Crippen LogP contribution in [-0.4, -0.2) is 45.4 Å². The summed E-state index contributed by atoms with van der Waals surface area (Å²) in [6.07, 6.45) is 1.38. The van der Waals surface area contributed by atoms with Crippen molar-refractivity contribution < 1.29 is 17.9 Å². The molecule has 1 fully saturated rings. The van der Waals surface area contributed by atoms with Gasteiger partial charge in [-0.3, -0.25) is 4.79 Å². The molecule has 0 saturated carbocycles. The van der Waals surface area contributed by atoms with Crippen LogP contribution in [0.3, 0.4) is 0 Å². The molecule has 1 saturated heterocycles. The second kappa shape index (κ2) is 8.10. The highest BCUT2D eigenvalue weighted by atomic mass is 32.2. The van der Waals surface area contributed by atoms with E-state index in [2.05, 4.69) is 0 Å². The van der Waals surface area contributed by atoms with E-state index in [1.165, 1.54) is 11.4 Å². The van der Waals surface area contributed by atoms with Crippen molar-refractivity contribution in [2.45, 2.75) is 24.7 Å². The second-order valence-corrected chi connectivity index (χ2v) is 8.68. The standard InChI is InChI=1S/C20H24N2O4S/c1-16-5-9-18(10-6-16)26-15-14-21(2)27(24,25)19-11-7-17(8-12-19)22-13-3-4-20(22)23/h5-12H,3-4,13-15H2,1-2H3. The third-order valence-electron chi connectivity index (χ3n) is 4.63. The van der Waals surface area contributed by atoms with Gasteiger partial charge in [0.15, 0.2) is 0 Å². The summed E-state index contributed by atoms with van der Waals surface area (Å²) in [6.45, 7) is 3.18. The van der Waals surface area contributed by atoms with Gasteiger partial charge in [0, 0.05) is 32.2 Å². The molecule has 2 aromatic carbocycles. The Hall–Kier alpha value is -2.38. The fourth-order valence-electron chi connectivity index (χ4n) is 2.95. The Morgan fingerprint density at radius 1 is 1.07 bits per heavy atom. The Kier molecular flexibility index (Phi) is 5.82. The smallest absolute Gasteiger partial charge is 0.242 e. The number of likely N-dealkylation sites (N-methyl/N-ethyl adjacent to an activating group) is 1. The molecule has 0 spiro atoms. The molecule has 144 valence electrons. The molecule has 0 unspecified atom stereocenters. The molecule has 3 rings (SSSR count). The molecular weight excluding hydrogens is 364 g/mol. The number of amides is 1. The summed E-state index contributed by atoms with van der Waals surface area (Å²) in [5.74, 6) is 0.794. The Labute approximate surface area is 160 Å². The van der Waals surface area contributed by atoms with E-state index in [4.69, 9.17) is 4.74 Å². The van der Waals surface area contributed by atoms with Crippen LogP contribution in [0, 0.1) is 6.92 Å². The monoisotopic (exact) mass is 388 g/mol. The number of carbonyl (C=O) groups is 1. The van der Waals surface area contributed by atoms with Crippen molar-refractivity contribution in [1.29, 1.82) is 0 Å². The minimum Gasteiger partial charge on any atom is -0.492 e. The highest BCUT2D eigenvalue weighted by Crippen LogP contribution is 2.24. The summed E-state index contributed by atoms with van der Waals surface area (Å²) < 4.78 is 32.3. The molecule has 0 radical (unpaired) electrons. The molecule has 1 aliphatic rings. The van der Waals surface area contributed by atoms with Crippen LogP contribution in [-0.2, 0) is 14.8 Å². The maximum atomic E-state index is 12.7. The van der Waals surface area contributed by atoms with Crippen LogP contribution in [0.2, 0.25) is 0 Å². The van der Waals surface area contributed by atoms with Gasteiger partial charge in [-0.2, -0.15) is 4.31 Å². The number of anilines is 1. The molecule has 0 N–H and O–H groups in total. The Morgan fingerprint density at radius 2 is 1.74 bits per heavy atom. The quantitative estimate of drug-likeness (QED) is 0.732. The Balaban J connectivity index is 1.60. The van der Waals surface area contributed by atoms with E-state index >= 15 is 0 Å². The molecule has 2 aromatic rings. The number of hydrogen-bond acceptors (Lipinski definition) is 4. The largest absolute Gasteiger partial charge is 0.492 e. The van der Waals surface area contributed by atoms with Crippen molar-refractivity contribution in [2.24, 2.45) is 0 Å². The number of rotatable bonds is 7. The third-order valence-corrected chi connectivity index (χ3v) is 6.50. The van der Waals surface area contributed by atoms with Gasteiger partial charge in [0.25, 0.3) is 0 Å². The van der Waals surface area contributed by atoms with Gasteiger partial charge in [0.2, 0.25) is 15.9 Å².